The van der Waals surface area contributed by atoms with Gasteiger partial charge < -0.3 is 10.5 Å². The molecule has 0 bridgehead atoms. The van der Waals surface area contributed by atoms with Gasteiger partial charge in [0.25, 0.3) is 0 Å². The maximum Gasteiger partial charge on any atom is 0.123 e. The van der Waals surface area contributed by atoms with Gasteiger partial charge >= 0.3 is 0 Å². The molecule has 0 aliphatic carbocycles. The first kappa shape index (κ1) is 13.0. The second-order valence-corrected chi connectivity index (χ2v) is 6.36. The third-order valence-corrected chi connectivity index (χ3v) is 5.28. The summed E-state index contributed by atoms with van der Waals surface area (Å²) in [5, 5.41) is 2.85. The van der Waals surface area contributed by atoms with Crippen LogP contribution in [0.3, 0.4) is 0 Å². The van der Waals surface area contributed by atoms with Crippen molar-refractivity contribution in [3.63, 3.8) is 0 Å². The van der Waals surface area contributed by atoms with Crippen LogP contribution < -0.4 is 10.5 Å². The fourth-order valence-electron chi connectivity index (χ4n) is 2.45. The van der Waals surface area contributed by atoms with Crippen molar-refractivity contribution in [1.29, 1.82) is 0 Å². The molecule has 3 rings (SSSR count). The second kappa shape index (κ2) is 4.82. The number of fused-ring (bicyclic) bond motifs is 1. The highest BCUT2D eigenvalue weighted by atomic mass is 35.5. The zero-order chi connectivity index (χ0) is 13.6. The number of rotatable bonds is 2. The van der Waals surface area contributed by atoms with Crippen molar-refractivity contribution in [3.8, 4) is 5.75 Å². The van der Waals surface area contributed by atoms with Crippen LogP contribution in [-0.2, 0) is 6.42 Å². The van der Waals surface area contributed by atoms with Crippen molar-refractivity contribution in [2.45, 2.75) is 32.4 Å². The number of aryl methyl sites for hydroxylation is 1. The monoisotopic (exact) mass is 293 g/mol. The molecule has 2 aromatic rings. The summed E-state index contributed by atoms with van der Waals surface area (Å²) in [6, 6.07) is 6.04. The van der Waals surface area contributed by atoms with Gasteiger partial charge in [0.05, 0.1) is 11.1 Å². The minimum atomic E-state index is -0.160. The number of hydrogen-bond acceptors (Lipinski definition) is 3. The van der Waals surface area contributed by atoms with Crippen molar-refractivity contribution >= 4 is 22.9 Å². The van der Waals surface area contributed by atoms with E-state index in [1.807, 2.05) is 19.1 Å². The molecular weight excluding hydrogens is 278 g/mol. The number of benzene rings is 1. The molecule has 4 heteroatoms. The molecular formula is C15H16ClNOS. The average molecular weight is 294 g/mol. The standard InChI is InChI=1S/C15H16ClNOS/c1-8-7-19-15(13(8)16)14(17)10-3-4-12-11(6-10)5-9(2)18-12/h3-4,6-7,9,14H,5,17H2,1-2H3. The molecule has 0 radical (unpaired) electrons. The topological polar surface area (TPSA) is 35.2 Å². The van der Waals surface area contributed by atoms with Crippen LogP contribution in [0.1, 0.15) is 34.5 Å². The molecule has 2 atom stereocenters. The second-order valence-electron chi connectivity index (χ2n) is 5.07. The smallest absolute Gasteiger partial charge is 0.123 e. The van der Waals surface area contributed by atoms with E-state index in [-0.39, 0.29) is 12.1 Å². The molecule has 1 aromatic carbocycles. The van der Waals surface area contributed by atoms with Gasteiger partial charge in [-0.2, -0.15) is 0 Å². The number of nitrogens with two attached hydrogens (primary N) is 1. The van der Waals surface area contributed by atoms with Gasteiger partial charge in [-0.3, -0.25) is 0 Å². The summed E-state index contributed by atoms with van der Waals surface area (Å²) >= 11 is 7.92. The Morgan fingerprint density at radius 2 is 2.26 bits per heavy atom. The van der Waals surface area contributed by atoms with E-state index in [0.29, 0.717) is 0 Å². The highest BCUT2D eigenvalue weighted by Crippen LogP contribution is 2.37. The van der Waals surface area contributed by atoms with Crippen LogP contribution in [-0.4, -0.2) is 6.10 Å². The number of thiophene rings is 1. The van der Waals surface area contributed by atoms with E-state index in [0.717, 1.165) is 33.2 Å². The Kier molecular flexibility index (Phi) is 3.29. The van der Waals surface area contributed by atoms with Gasteiger partial charge in [0, 0.05) is 11.3 Å². The van der Waals surface area contributed by atoms with Crippen molar-refractivity contribution in [1.82, 2.24) is 0 Å². The zero-order valence-corrected chi connectivity index (χ0v) is 12.5. The highest BCUT2D eigenvalue weighted by molar-refractivity contribution is 7.10. The maximum atomic E-state index is 6.34. The number of halogens is 1. The van der Waals surface area contributed by atoms with E-state index in [9.17, 15) is 0 Å². The van der Waals surface area contributed by atoms with Crippen LogP contribution in [0.25, 0.3) is 0 Å². The lowest BCUT2D eigenvalue weighted by atomic mass is 10.0. The Bertz CT molecular complexity index is 623. The number of ether oxygens (including phenoxy) is 1. The third kappa shape index (κ3) is 2.27. The molecule has 0 saturated heterocycles. The van der Waals surface area contributed by atoms with Gasteiger partial charge in [0.2, 0.25) is 0 Å². The summed E-state index contributed by atoms with van der Waals surface area (Å²) in [5.74, 6) is 0.983. The van der Waals surface area contributed by atoms with Crippen LogP contribution in [0.4, 0.5) is 0 Å². The van der Waals surface area contributed by atoms with E-state index < -0.39 is 0 Å². The summed E-state index contributed by atoms with van der Waals surface area (Å²) < 4.78 is 5.71. The Hall–Kier alpha value is -1.03. The lowest BCUT2D eigenvalue weighted by molar-refractivity contribution is 0.254. The molecule has 1 aliphatic rings. The Labute approximate surface area is 122 Å². The van der Waals surface area contributed by atoms with Crippen LogP contribution in [0.5, 0.6) is 5.75 Å². The Morgan fingerprint density at radius 1 is 1.47 bits per heavy atom. The van der Waals surface area contributed by atoms with Crippen molar-refractivity contribution in [2.75, 3.05) is 0 Å². The molecule has 2 unspecified atom stereocenters. The molecule has 19 heavy (non-hydrogen) atoms. The van der Waals surface area contributed by atoms with Crippen molar-refractivity contribution in [2.24, 2.45) is 5.73 Å². The van der Waals surface area contributed by atoms with Gasteiger partial charge in [0.1, 0.15) is 11.9 Å². The maximum absolute atomic E-state index is 6.34. The molecule has 0 spiro atoms. The van der Waals surface area contributed by atoms with E-state index >= 15 is 0 Å². The highest BCUT2D eigenvalue weighted by Gasteiger charge is 2.22. The third-order valence-electron chi connectivity index (χ3n) is 3.49. The first-order valence-corrected chi connectivity index (χ1v) is 7.60. The quantitative estimate of drug-likeness (QED) is 0.905. The summed E-state index contributed by atoms with van der Waals surface area (Å²) in [7, 11) is 0. The summed E-state index contributed by atoms with van der Waals surface area (Å²) in [6.45, 7) is 4.09. The summed E-state index contributed by atoms with van der Waals surface area (Å²) in [6.07, 6.45) is 1.21. The molecule has 2 N–H and O–H groups in total. The molecule has 0 saturated carbocycles. The molecule has 1 aliphatic heterocycles. The SMILES string of the molecule is Cc1csc(C(N)c2ccc3c(c2)CC(C)O3)c1Cl. The summed E-state index contributed by atoms with van der Waals surface area (Å²) in [4.78, 5) is 1.03. The molecule has 2 heterocycles. The molecule has 0 amide bonds. The fraction of sp³-hybridized carbons (Fsp3) is 0.333. The minimum absolute atomic E-state index is 0.160. The van der Waals surface area contributed by atoms with E-state index in [2.05, 4.69) is 18.4 Å². The minimum Gasteiger partial charge on any atom is -0.490 e. The first-order chi connectivity index (χ1) is 9.06. The Balaban J connectivity index is 1.95. The molecule has 1 aromatic heterocycles. The predicted octanol–water partition coefficient (Wildman–Crippen LogP) is 4.08. The van der Waals surface area contributed by atoms with Gasteiger partial charge in [-0.15, -0.1) is 11.3 Å². The van der Waals surface area contributed by atoms with Crippen molar-refractivity contribution in [3.05, 3.63) is 50.2 Å². The van der Waals surface area contributed by atoms with Crippen LogP contribution in [0.2, 0.25) is 5.02 Å². The lowest BCUT2D eigenvalue weighted by Gasteiger charge is -2.12. The van der Waals surface area contributed by atoms with Gasteiger partial charge in [-0.25, -0.2) is 0 Å². The van der Waals surface area contributed by atoms with Gasteiger partial charge in [-0.05, 0) is 42.0 Å². The molecule has 2 nitrogen and oxygen atoms in total. The first-order valence-electron chi connectivity index (χ1n) is 6.35. The Morgan fingerprint density at radius 3 is 2.95 bits per heavy atom. The van der Waals surface area contributed by atoms with Crippen LogP contribution in [0, 0.1) is 6.92 Å². The lowest BCUT2D eigenvalue weighted by Crippen LogP contribution is -2.11. The zero-order valence-electron chi connectivity index (χ0n) is 10.9. The van der Waals surface area contributed by atoms with Crippen LogP contribution in [0.15, 0.2) is 23.6 Å². The van der Waals surface area contributed by atoms with Crippen LogP contribution >= 0.6 is 22.9 Å². The van der Waals surface area contributed by atoms with E-state index in [1.165, 1.54) is 5.56 Å². The van der Waals surface area contributed by atoms with Gasteiger partial charge in [0.15, 0.2) is 0 Å². The molecule has 0 fully saturated rings. The number of hydrogen-bond donors (Lipinski definition) is 1. The average Bonchev–Trinajstić information content (AvgIpc) is 2.91. The van der Waals surface area contributed by atoms with E-state index in [1.54, 1.807) is 11.3 Å². The van der Waals surface area contributed by atoms with Crippen molar-refractivity contribution < 1.29 is 4.74 Å². The van der Waals surface area contributed by atoms with E-state index in [4.69, 9.17) is 22.1 Å². The largest absolute Gasteiger partial charge is 0.490 e. The normalized spacial score (nSPS) is 19.1. The fourth-order valence-corrected chi connectivity index (χ4v) is 3.79. The predicted molar refractivity (Wildman–Crippen MR) is 80.3 cm³/mol. The van der Waals surface area contributed by atoms with Gasteiger partial charge in [-0.1, -0.05) is 23.7 Å². The molecule has 100 valence electrons. The summed E-state index contributed by atoms with van der Waals surface area (Å²) in [5.41, 5.74) is 9.78.